The van der Waals surface area contributed by atoms with Gasteiger partial charge in [0.05, 0.1) is 25.3 Å². The minimum atomic E-state index is -0.587. The van der Waals surface area contributed by atoms with Crippen molar-refractivity contribution in [3.63, 3.8) is 0 Å². The van der Waals surface area contributed by atoms with E-state index in [4.69, 9.17) is 14.2 Å². The van der Waals surface area contributed by atoms with E-state index in [0.29, 0.717) is 56.5 Å². The van der Waals surface area contributed by atoms with Gasteiger partial charge in [0.1, 0.15) is 0 Å². The molecule has 9 nitrogen and oxygen atoms in total. The highest BCUT2D eigenvalue weighted by atomic mass is 16.5. The molecular formula is C26H31N3O6. The third-order valence-electron chi connectivity index (χ3n) is 6.15. The third-order valence-corrected chi connectivity index (χ3v) is 6.15. The minimum Gasteiger partial charge on any atom is -0.490 e. The first-order chi connectivity index (χ1) is 16.9. The average Bonchev–Trinajstić information content (AvgIpc) is 3.10. The molecule has 4 rings (SSSR count). The molecular weight excluding hydrogens is 450 g/mol. The molecule has 0 saturated carbocycles. The molecule has 2 aromatic rings. The number of rotatable bonds is 6. The summed E-state index contributed by atoms with van der Waals surface area (Å²) in [5.41, 5.74) is 3.20. The summed E-state index contributed by atoms with van der Waals surface area (Å²) in [7, 11) is 0. The van der Waals surface area contributed by atoms with E-state index in [0.717, 1.165) is 23.2 Å². The number of hydrogen-bond donors (Lipinski definition) is 1. The Kier molecular flexibility index (Phi) is 7.87. The first-order valence-corrected chi connectivity index (χ1v) is 11.8. The van der Waals surface area contributed by atoms with Gasteiger partial charge in [-0.3, -0.25) is 14.5 Å². The van der Waals surface area contributed by atoms with Gasteiger partial charge < -0.3 is 24.4 Å². The maximum atomic E-state index is 12.6. The molecule has 2 aliphatic heterocycles. The van der Waals surface area contributed by atoms with Gasteiger partial charge in [-0.2, -0.15) is 0 Å². The predicted octanol–water partition coefficient (Wildman–Crippen LogP) is 2.40. The van der Waals surface area contributed by atoms with Gasteiger partial charge in [-0.25, -0.2) is 4.79 Å². The molecule has 0 unspecified atom stereocenters. The van der Waals surface area contributed by atoms with Crippen molar-refractivity contribution >= 4 is 23.5 Å². The smallest absolute Gasteiger partial charge is 0.338 e. The second-order valence-electron chi connectivity index (χ2n) is 8.76. The summed E-state index contributed by atoms with van der Waals surface area (Å²) in [5.74, 6) is 0.172. The largest absolute Gasteiger partial charge is 0.490 e. The highest BCUT2D eigenvalue weighted by Gasteiger charge is 2.24. The van der Waals surface area contributed by atoms with Crippen LogP contribution >= 0.6 is 0 Å². The molecule has 1 fully saturated rings. The summed E-state index contributed by atoms with van der Waals surface area (Å²) in [6.45, 7) is 7.02. The summed E-state index contributed by atoms with van der Waals surface area (Å²) in [6, 6.07) is 10.8. The third kappa shape index (κ3) is 6.30. The van der Waals surface area contributed by atoms with E-state index in [9.17, 15) is 14.4 Å². The number of piperazine rings is 1. The van der Waals surface area contributed by atoms with Gasteiger partial charge in [-0.15, -0.1) is 0 Å². The Morgan fingerprint density at radius 2 is 1.63 bits per heavy atom. The number of nitrogens with one attached hydrogen (secondary N) is 1. The summed E-state index contributed by atoms with van der Waals surface area (Å²) < 4.78 is 16.4. The lowest BCUT2D eigenvalue weighted by Gasteiger charge is -2.34. The van der Waals surface area contributed by atoms with Gasteiger partial charge in [0.25, 0.3) is 5.91 Å². The summed E-state index contributed by atoms with van der Waals surface area (Å²) in [6.07, 6.45) is 0.771. The molecule has 2 aromatic carbocycles. The number of amides is 2. The van der Waals surface area contributed by atoms with E-state index in [-0.39, 0.29) is 25.0 Å². The quantitative estimate of drug-likeness (QED) is 0.633. The van der Waals surface area contributed by atoms with Crippen LogP contribution in [0.25, 0.3) is 0 Å². The van der Waals surface area contributed by atoms with Crippen molar-refractivity contribution in [1.82, 2.24) is 9.80 Å². The van der Waals surface area contributed by atoms with Gasteiger partial charge >= 0.3 is 5.97 Å². The lowest BCUT2D eigenvalue weighted by molar-refractivity contribution is -0.136. The van der Waals surface area contributed by atoms with Crippen molar-refractivity contribution in [3.05, 3.63) is 53.1 Å². The van der Waals surface area contributed by atoms with E-state index in [1.54, 1.807) is 23.1 Å². The van der Waals surface area contributed by atoms with E-state index in [1.807, 2.05) is 36.9 Å². The number of fused-ring (bicyclic) bond motifs is 1. The number of anilines is 1. The van der Waals surface area contributed by atoms with Crippen LogP contribution in [0.1, 0.15) is 27.9 Å². The summed E-state index contributed by atoms with van der Waals surface area (Å²) in [5, 5.41) is 3.00. The molecule has 0 aliphatic carbocycles. The number of carbonyl (C=O) groups is 3. The molecule has 0 spiro atoms. The van der Waals surface area contributed by atoms with Crippen molar-refractivity contribution in [2.24, 2.45) is 0 Å². The van der Waals surface area contributed by atoms with E-state index >= 15 is 0 Å². The molecule has 9 heteroatoms. The van der Waals surface area contributed by atoms with E-state index in [2.05, 4.69) is 5.32 Å². The summed E-state index contributed by atoms with van der Waals surface area (Å²) in [4.78, 5) is 41.2. The second kappa shape index (κ2) is 11.2. The van der Waals surface area contributed by atoms with Crippen molar-refractivity contribution in [1.29, 1.82) is 0 Å². The lowest BCUT2D eigenvalue weighted by atomic mass is 10.1. The Labute approximate surface area is 204 Å². The fourth-order valence-corrected chi connectivity index (χ4v) is 4.14. The van der Waals surface area contributed by atoms with Crippen LogP contribution in [-0.4, -0.2) is 80.1 Å². The second-order valence-corrected chi connectivity index (χ2v) is 8.76. The van der Waals surface area contributed by atoms with Gasteiger partial charge in [-0.1, -0.05) is 18.2 Å². The highest BCUT2D eigenvalue weighted by molar-refractivity contribution is 5.94. The minimum absolute atomic E-state index is 0.0776. The van der Waals surface area contributed by atoms with Crippen LogP contribution in [0.3, 0.4) is 0 Å². The lowest BCUT2D eigenvalue weighted by Crippen LogP contribution is -2.51. The van der Waals surface area contributed by atoms with Crippen LogP contribution in [0.15, 0.2) is 36.4 Å². The van der Waals surface area contributed by atoms with Gasteiger partial charge in [-0.05, 0) is 43.2 Å². The normalized spacial score (nSPS) is 15.8. The Hall–Kier alpha value is -3.59. The molecule has 2 heterocycles. The van der Waals surface area contributed by atoms with Crippen LogP contribution in [0.5, 0.6) is 11.5 Å². The number of esters is 1. The Bertz CT molecular complexity index is 1070. The average molecular weight is 482 g/mol. The van der Waals surface area contributed by atoms with E-state index in [1.165, 1.54) is 0 Å². The van der Waals surface area contributed by atoms with Crippen LogP contribution < -0.4 is 14.8 Å². The molecule has 0 bridgehead atoms. The number of carbonyl (C=O) groups excluding carboxylic acids is 3. The first-order valence-electron chi connectivity index (χ1n) is 11.8. The first kappa shape index (κ1) is 24.5. The zero-order valence-corrected chi connectivity index (χ0v) is 20.2. The van der Waals surface area contributed by atoms with Gasteiger partial charge in [0, 0.05) is 38.3 Å². The molecule has 0 radical (unpaired) electrons. The topological polar surface area (TPSA) is 97.4 Å². The molecule has 2 amide bonds. The number of aryl methyl sites for hydroxylation is 2. The maximum absolute atomic E-state index is 12.6. The van der Waals surface area contributed by atoms with Crippen LogP contribution in [0.2, 0.25) is 0 Å². The molecule has 0 aromatic heterocycles. The number of benzene rings is 2. The Balaban J connectivity index is 1.21. The van der Waals surface area contributed by atoms with Crippen molar-refractivity contribution in [2.45, 2.75) is 20.3 Å². The maximum Gasteiger partial charge on any atom is 0.338 e. The van der Waals surface area contributed by atoms with Gasteiger partial charge in [0.15, 0.2) is 18.1 Å². The number of hydrogen-bond acceptors (Lipinski definition) is 7. The number of para-hydroxylation sites is 1. The zero-order chi connectivity index (χ0) is 24.8. The monoisotopic (exact) mass is 481 g/mol. The van der Waals surface area contributed by atoms with Crippen LogP contribution in [-0.2, 0) is 14.3 Å². The van der Waals surface area contributed by atoms with Crippen molar-refractivity contribution < 1.29 is 28.6 Å². The SMILES string of the molecule is Cc1cccc(C)c1NC(=O)CN1CCN(C(=O)COC(=O)c2ccc3c(c2)OCCCO3)CC1. The molecule has 186 valence electrons. The Morgan fingerprint density at radius 3 is 2.34 bits per heavy atom. The predicted molar refractivity (Wildman–Crippen MR) is 130 cm³/mol. The Morgan fingerprint density at radius 1 is 0.943 bits per heavy atom. The highest BCUT2D eigenvalue weighted by Crippen LogP contribution is 2.30. The number of nitrogens with zero attached hydrogens (tertiary/aromatic N) is 2. The standard InChI is InChI=1S/C26H31N3O6/c1-18-5-3-6-19(2)25(18)27-23(30)16-28-9-11-29(12-10-28)24(31)17-35-26(32)20-7-8-21-22(15-20)34-14-4-13-33-21/h3,5-8,15H,4,9-14,16-17H2,1-2H3,(H,27,30). The van der Waals surface area contributed by atoms with Crippen molar-refractivity contribution in [3.8, 4) is 11.5 Å². The van der Waals surface area contributed by atoms with Gasteiger partial charge in [0.2, 0.25) is 5.91 Å². The van der Waals surface area contributed by atoms with Crippen LogP contribution in [0, 0.1) is 13.8 Å². The van der Waals surface area contributed by atoms with E-state index < -0.39 is 5.97 Å². The van der Waals surface area contributed by atoms with Crippen LogP contribution in [0.4, 0.5) is 5.69 Å². The molecule has 1 N–H and O–H groups in total. The molecule has 35 heavy (non-hydrogen) atoms. The zero-order valence-electron chi connectivity index (χ0n) is 20.2. The van der Waals surface area contributed by atoms with Crippen molar-refractivity contribution in [2.75, 3.05) is 57.9 Å². The number of ether oxygens (including phenoxy) is 3. The summed E-state index contributed by atoms with van der Waals surface area (Å²) >= 11 is 0. The molecule has 1 saturated heterocycles. The fourth-order valence-electron chi connectivity index (χ4n) is 4.14. The molecule has 2 aliphatic rings. The molecule has 0 atom stereocenters. The fraction of sp³-hybridized carbons (Fsp3) is 0.423.